The second-order valence-electron chi connectivity index (χ2n) is 6.68. The molecule has 1 saturated heterocycles. The predicted octanol–water partition coefficient (Wildman–Crippen LogP) is 3.08. The molecule has 6 nitrogen and oxygen atoms in total. The molecule has 2 heterocycles. The second kappa shape index (κ2) is 9.50. The molecule has 150 valence electrons. The largest absolute Gasteiger partial charge is 0.477 e. The van der Waals surface area contributed by atoms with Gasteiger partial charge in [0.25, 0.3) is 5.91 Å². The number of nitrogens with one attached hydrogen (secondary N) is 1. The average Bonchev–Trinajstić information content (AvgIpc) is 2.96. The van der Waals surface area contributed by atoms with E-state index in [1.807, 2.05) is 19.9 Å². The Bertz CT molecular complexity index is 821. The minimum absolute atomic E-state index is 0.229. The van der Waals surface area contributed by atoms with Crippen LogP contribution in [-0.4, -0.2) is 43.8 Å². The summed E-state index contributed by atoms with van der Waals surface area (Å²) in [6, 6.07) is 8.07. The number of carbonyl (C=O) groups excluding carboxylic acids is 1. The lowest BCUT2D eigenvalue weighted by molar-refractivity contribution is 0.0945. The Kier molecular flexibility index (Phi) is 6.81. The van der Waals surface area contributed by atoms with Crippen LogP contribution in [0.1, 0.15) is 34.8 Å². The SMILES string of the molecule is CCOc1nc(N2CCCOCC2)cc(C)c1C(=O)NCc1cccc(F)c1. The number of aryl methyl sites for hydroxylation is 1. The molecule has 1 aliphatic rings. The Balaban J connectivity index is 1.81. The van der Waals surface area contributed by atoms with Crippen LogP contribution in [0.25, 0.3) is 0 Å². The van der Waals surface area contributed by atoms with Crippen LogP contribution in [0.3, 0.4) is 0 Å². The number of carbonyl (C=O) groups is 1. The summed E-state index contributed by atoms with van der Waals surface area (Å²) in [5, 5.41) is 2.83. The van der Waals surface area contributed by atoms with Gasteiger partial charge in [0.1, 0.15) is 17.2 Å². The molecule has 0 aliphatic carbocycles. The molecule has 7 heteroatoms. The predicted molar refractivity (Wildman–Crippen MR) is 105 cm³/mol. The van der Waals surface area contributed by atoms with Crippen molar-refractivity contribution in [3.8, 4) is 5.88 Å². The van der Waals surface area contributed by atoms with Gasteiger partial charge in [-0.1, -0.05) is 12.1 Å². The monoisotopic (exact) mass is 387 g/mol. The van der Waals surface area contributed by atoms with Gasteiger partial charge in [-0.15, -0.1) is 0 Å². The fraction of sp³-hybridized carbons (Fsp3) is 0.429. The van der Waals surface area contributed by atoms with Gasteiger partial charge in [0.2, 0.25) is 5.88 Å². The van der Waals surface area contributed by atoms with Crippen molar-refractivity contribution in [2.75, 3.05) is 37.8 Å². The Hall–Kier alpha value is -2.67. The first-order chi connectivity index (χ1) is 13.6. The van der Waals surface area contributed by atoms with E-state index in [1.165, 1.54) is 12.1 Å². The summed E-state index contributed by atoms with van der Waals surface area (Å²) < 4.78 is 24.5. The topological polar surface area (TPSA) is 63.7 Å². The van der Waals surface area contributed by atoms with Gasteiger partial charge in [0.05, 0.1) is 13.2 Å². The minimum Gasteiger partial charge on any atom is -0.477 e. The summed E-state index contributed by atoms with van der Waals surface area (Å²) in [6.07, 6.45) is 0.931. The number of hydrogen-bond donors (Lipinski definition) is 1. The van der Waals surface area contributed by atoms with E-state index in [9.17, 15) is 9.18 Å². The standard InChI is InChI=1S/C21H26FN3O3/c1-3-28-21-19(20(26)23-14-16-6-4-7-17(22)13-16)15(2)12-18(24-21)25-8-5-10-27-11-9-25/h4,6-7,12-13H,3,5,8-11,14H2,1-2H3,(H,23,26). The van der Waals surface area contributed by atoms with Crippen molar-refractivity contribution >= 4 is 11.7 Å². The number of ether oxygens (including phenoxy) is 2. The van der Waals surface area contributed by atoms with Crippen LogP contribution < -0.4 is 15.0 Å². The van der Waals surface area contributed by atoms with E-state index in [-0.39, 0.29) is 18.3 Å². The van der Waals surface area contributed by atoms with E-state index < -0.39 is 0 Å². The highest BCUT2D eigenvalue weighted by Gasteiger charge is 2.21. The third-order valence-corrected chi connectivity index (χ3v) is 4.57. The Morgan fingerprint density at radius 3 is 2.96 bits per heavy atom. The first-order valence-electron chi connectivity index (χ1n) is 9.58. The average molecular weight is 387 g/mol. The Morgan fingerprint density at radius 1 is 1.32 bits per heavy atom. The van der Waals surface area contributed by atoms with Gasteiger partial charge >= 0.3 is 0 Å². The van der Waals surface area contributed by atoms with Gasteiger partial charge in [0.15, 0.2) is 0 Å². The van der Waals surface area contributed by atoms with Crippen LogP contribution in [0, 0.1) is 12.7 Å². The lowest BCUT2D eigenvalue weighted by atomic mass is 10.1. The summed E-state index contributed by atoms with van der Waals surface area (Å²) >= 11 is 0. The van der Waals surface area contributed by atoms with Gasteiger partial charge in [-0.2, -0.15) is 4.98 Å². The van der Waals surface area contributed by atoms with Crippen LogP contribution >= 0.6 is 0 Å². The first kappa shape index (κ1) is 20.1. The van der Waals surface area contributed by atoms with Gasteiger partial charge in [-0.25, -0.2) is 4.39 Å². The Morgan fingerprint density at radius 2 is 2.18 bits per heavy atom. The van der Waals surface area contributed by atoms with E-state index in [2.05, 4.69) is 15.2 Å². The molecule has 0 unspecified atom stereocenters. The minimum atomic E-state index is -0.328. The fourth-order valence-electron chi connectivity index (χ4n) is 3.20. The third-order valence-electron chi connectivity index (χ3n) is 4.57. The molecule has 1 amide bonds. The van der Waals surface area contributed by atoms with Gasteiger partial charge < -0.3 is 19.7 Å². The van der Waals surface area contributed by atoms with Crippen molar-refractivity contribution < 1.29 is 18.7 Å². The fourth-order valence-corrected chi connectivity index (χ4v) is 3.20. The summed E-state index contributed by atoms with van der Waals surface area (Å²) in [4.78, 5) is 19.6. The second-order valence-corrected chi connectivity index (χ2v) is 6.68. The zero-order valence-electron chi connectivity index (χ0n) is 16.3. The highest BCUT2D eigenvalue weighted by Crippen LogP contribution is 2.26. The van der Waals surface area contributed by atoms with E-state index in [0.29, 0.717) is 30.2 Å². The van der Waals surface area contributed by atoms with Crippen molar-refractivity contribution in [2.45, 2.75) is 26.8 Å². The highest BCUT2D eigenvalue weighted by atomic mass is 19.1. The maximum atomic E-state index is 13.3. The van der Waals surface area contributed by atoms with Crippen LogP contribution in [0.2, 0.25) is 0 Å². The van der Waals surface area contributed by atoms with Gasteiger partial charge in [-0.3, -0.25) is 4.79 Å². The van der Waals surface area contributed by atoms with Crippen LogP contribution in [-0.2, 0) is 11.3 Å². The van der Waals surface area contributed by atoms with Crippen LogP contribution in [0.15, 0.2) is 30.3 Å². The number of halogens is 1. The van der Waals surface area contributed by atoms with Crippen molar-refractivity contribution in [1.82, 2.24) is 10.3 Å². The third kappa shape index (κ3) is 4.98. The van der Waals surface area contributed by atoms with E-state index >= 15 is 0 Å². The molecule has 2 aromatic rings. The van der Waals surface area contributed by atoms with E-state index in [0.717, 1.165) is 37.5 Å². The molecule has 1 aromatic heterocycles. The highest BCUT2D eigenvalue weighted by molar-refractivity contribution is 5.98. The summed E-state index contributed by atoms with van der Waals surface area (Å²) in [5.74, 6) is 0.487. The van der Waals surface area contributed by atoms with Crippen molar-refractivity contribution in [3.63, 3.8) is 0 Å². The number of benzene rings is 1. The summed E-state index contributed by atoms with van der Waals surface area (Å²) in [7, 11) is 0. The smallest absolute Gasteiger partial charge is 0.257 e. The number of aromatic nitrogens is 1. The molecule has 3 rings (SSSR count). The van der Waals surface area contributed by atoms with E-state index in [1.54, 1.807) is 12.1 Å². The molecule has 0 saturated carbocycles. The van der Waals surface area contributed by atoms with Crippen molar-refractivity contribution in [3.05, 3.63) is 52.8 Å². The zero-order chi connectivity index (χ0) is 19.9. The maximum Gasteiger partial charge on any atom is 0.257 e. The maximum absolute atomic E-state index is 13.3. The first-order valence-corrected chi connectivity index (χ1v) is 9.58. The molecule has 28 heavy (non-hydrogen) atoms. The molecule has 1 aliphatic heterocycles. The normalized spacial score (nSPS) is 14.5. The van der Waals surface area contributed by atoms with Crippen molar-refractivity contribution in [1.29, 1.82) is 0 Å². The molecule has 0 atom stereocenters. The summed E-state index contributed by atoms with van der Waals surface area (Å²) in [5.41, 5.74) is 1.89. The molecular formula is C21H26FN3O3. The number of hydrogen-bond acceptors (Lipinski definition) is 5. The Labute approximate surface area is 164 Å². The quantitative estimate of drug-likeness (QED) is 0.825. The van der Waals surface area contributed by atoms with E-state index in [4.69, 9.17) is 9.47 Å². The number of anilines is 1. The van der Waals surface area contributed by atoms with Crippen LogP contribution in [0.4, 0.5) is 10.2 Å². The van der Waals surface area contributed by atoms with Gasteiger partial charge in [0, 0.05) is 26.2 Å². The zero-order valence-corrected chi connectivity index (χ0v) is 16.3. The lowest BCUT2D eigenvalue weighted by Crippen LogP contribution is -2.29. The molecule has 0 spiro atoms. The van der Waals surface area contributed by atoms with Crippen molar-refractivity contribution in [2.24, 2.45) is 0 Å². The molecular weight excluding hydrogens is 361 g/mol. The number of rotatable bonds is 6. The molecule has 1 N–H and O–H groups in total. The lowest BCUT2D eigenvalue weighted by Gasteiger charge is -2.23. The van der Waals surface area contributed by atoms with Gasteiger partial charge in [-0.05, 0) is 49.6 Å². The molecule has 1 fully saturated rings. The molecule has 1 aromatic carbocycles. The number of amides is 1. The molecule has 0 radical (unpaired) electrons. The number of nitrogens with zero attached hydrogens (tertiary/aromatic N) is 2. The summed E-state index contributed by atoms with van der Waals surface area (Å²) in [6.45, 7) is 7.37. The van der Waals surface area contributed by atoms with Crippen LogP contribution in [0.5, 0.6) is 5.88 Å². The molecule has 0 bridgehead atoms. The number of pyridine rings is 1.